The number of ether oxygens (including phenoxy) is 1. The fraction of sp³-hybridized carbons (Fsp3) is 0.100. The number of halogens is 3. The predicted molar refractivity (Wildman–Crippen MR) is 109 cm³/mol. The number of methoxy groups -OCH3 is 1. The van der Waals surface area contributed by atoms with Crippen molar-refractivity contribution in [2.24, 2.45) is 0 Å². The van der Waals surface area contributed by atoms with Crippen LogP contribution in [-0.2, 0) is 10.1 Å². The molecule has 9 heteroatoms. The second kappa shape index (κ2) is 9.34. The molecule has 0 spiro atoms. The van der Waals surface area contributed by atoms with E-state index in [1.54, 1.807) is 7.11 Å². The van der Waals surface area contributed by atoms with E-state index in [0.29, 0.717) is 0 Å². The monoisotopic (exact) mass is 442 g/mol. The number of alkyl halides is 3. The number of benzene rings is 3. The van der Waals surface area contributed by atoms with Gasteiger partial charge in [-0.1, -0.05) is 60.7 Å². The van der Waals surface area contributed by atoms with Gasteiger partial charge in [-0.25, -0.2) is 0 Å². The highest BCUT2D eigenvalue weighted by Gasteiger charge is 2.44. The van der Waals surface area contributed by atoms with Gasteiger partial charge in [-0.3, -0.25) is 4.55 Å². The summed E-state index contributed by atoms with van der Waals surface area (Å²) in [5.74, 6) is 0.859. The zero-order valence-corrected chi connectivity index (χ0v) is 16.8. The molecule has 0 unspecified atom stereocenters. The van der Waals surface area contributed by atoms with Gasteiger partial charge in [0.25, 0.3) is 0 Å². The molecule has 0 aromatic heterocycles. The highest BCUT2D eigenvalue weighted by molar-refractivity contribution is 7.86. The number of hydrogen-bond donors (Lipinski definition) is 2. The first-order chi connectivity index (χ1) is 13.6. The lowest BCUT2D eigenvalue weighted by Crippen LogP contribution is -2.21. The molecular formula is C20H17F3O4S2. The van der Waals surface area contributed by atoms with E-state index < -0.39 is 15.6 Å². The molecule has 0 heterocycles. The van der Waals surface area contributed by atoms with Crippen LogP contribution in [0, 0.1) is 0 Å². The zero-order chi connectivity index (χ0) is 21.7. The standard InChI is InChI=1S/C19H16OS.CHF3O3S/c1-20-16-12-13-17(21)19(15-10-6-3-7-11-15)18(16)14-8-4-2-5-9-14;2-1(3,4)8(5,6)7/h2-13,21H,1H3;(H,5,6,7). The van der Waals surface area contributed by atoms with Gasteiger partial charge in [-0.05, 0) is 23.3 Å². The van der Waals surface area contributed by atoms with Crippen molar-refractivity contribution in [3.63, 3.8) is 0 Å². The lowest BCUT2D eigenvalue weighted by atomic mass is 9.93. The third-order valence-electron chi connectivity index (χ3n) is 3.78. The molecule has 4 nitrogen and oxygen atoms in total. The largest absolute Gasteiger partial charge is 0.522 e. The van der Waals surface area contributed by atoms with Crippen LogP contribution in [0.25, 0.3) is 22.3 Å². The third-order valence-corrected chi connectivity index (χ3v) is 4.74. The number of thiol groups is 1. The molecule has 0 radical (unpaired) electrons. The van der Waals surface area contributed by atoms with Gasteiger partial charge >= 0.3 is 15.6 Å². The molecule has 0 aliphatic carbocycles. The predicted octanol–water partition coefficient (Wildman–Crippen LogP) is 5.71. The van der Waals surface area contributed by atoms with Crippen molar-refractivity contribution in [1.82, 2.24) is 0 Å². The molecule has 0 fully saturated rings. The lowest BCUT2D eigenvalue weighted by Gasteiger charge is -2.16. The van der Waals surface area contributed by atoms with Crippen molar-refractivity contribution < 1.29 is 30.9 Å². The van der Waals surface area contributed by atoms with E-state index in [0.717, 1.165) is 32.9 Å². The van der Waals surface area contributed by atoms with Crippen molar-refractivity contribution in [2.75, 3.05) is 7.11 Å². The molecule has 0 bridgehead atoms. The second-order valence-electron chi connectivity index (χ2n) is 5.69. The maximum absolute atomic E-state index is 10.7. The summed E-state index contributed by atoms with van der Waals surface area (Å²) in [5, 5.41) is 0. The van der Waals surface area contributed by atoms with E-state index in [-0.39, 0.29) is 0 Å². The van der Waals surface area contributed by atoms with E-state index in [1.165, 1.54) is 0 Å². The minimum Gasteiger partial charge on any atom is -0.496 e. The van der Waals surface area contributed by atoms with E-state index in [2.05, 4.69) is 36.9 Å². The Hall–Kier alpha value is -2.49. The van der Waals surface area contributed by atoms with E-state index in [4.69, 9.17) is 17.7 Å². The van der Waals surface area contributed by atoms with Crippen LogP contribution in [0.5, 0.6) is 5.75 Å². The first-order valence-corrected chi connectivity index (χ1v) is 9.99. The lowest BCUT2D eigenvalue weighted by molar-refractivity contribution is -0.0510. The van der Waals surface area contributed by atoms with Crippen molar-refractivity contribution in [1.29, 1.82) is 0 Å². The normalized spacial score (nSPS) is 11.4. The summed E-state index contributed by atoms with van der Waals surface area (Å²) in [5.41, 5.74) is -1.09. The highest BCUT2D eigenvalue weighted by atomic mass is 32.2. The van der Waals surface area contributed by atoms with Crippen LogP contribution in [0.15, 0.2) is 77.7 Å². The molecule has 154 valence electrons. The molecule has 0 amide bonds. The van der Waals surface area contributed by atoms with Crippen LogP contribution >= 0.6 is 12.6 Å². The summed E-state index contributed by atoms with van der Waals surface area (Å²) in [6.45, 7) is 0. The summed E-state index contributed by atoms with van der Waals surface area (Å²) < 4.78 is 63.1. The second-order valence-corrected chi connectivity index (χ2v) is 7.58. The zero-order valence-electron chi connectivity index (χ0n) is 15.1. The van der Waals surface area contributed by atoms with E-state index in [1.807, 2.05) is 48.5 Å². The van der Waals surface area contributed by atoms with Crippen molar-refractivity contribution in [2.45, 2.75) is 10.4 Å². The van der Waals surface area contributed by atoms with Gasteiger partial charge in [0.1, 0.15) is 5.75 Å². The van der Waals surface area contributed by atoms with Gasteiger partial charge in [0.05, 0.1) is 7.11 Å². The summed E-state index contributed by atoms with van der Waals surface area (Å²) in [4.78, 5) is 0.945. The Balaban J connectivity index is 0.000000321. The average Bonchev–Trinajstić information content (AvgIpc) is 2.68. The van der Waals surface area contributed by atoms with Gasteiger partial charge in [-0.2, -0.15) is 21.6 Å². The van der Waals surface area contributed by atoms with Crippen LogP contribution in [0.1, 0.15) is 0 Å². The van der Waals surface area contributed by atoms with Gasteiger partial charge in [0.15, 0.2) is 0 Å². The summed E-state index contributed by atoms with van der Waals surface area (Å²) in [6, 6.07) is 24.5. The fourth-order valence-corrected chi connectivity index (χ4v) is 2.85. The Labute approximate surface area is 172 Å². The molecular weight excluding hydrogens is 425 g/mol. The van der Waals surface area contributed by atoms with Gasteiger partial charge in [0.2, 0.25) is 0 Å². The number of hydrogen-bond acceptors (Lipinski definition) is 4. The van der Waals surface area contributed by atoms with Crippen molar-refractivity contribution in [3.8, 4) is 28.0 Å². The SMILES string of the molecule is COc1ccc(S)c(-c2ccccc2)c1-c1ccccc1.O=S(=O)(O)C(F)(F)F. The fourth-order valence-electron chi connectivity index (χ4n) is 2.53. The summed E-state index contributed by atoms with van der Waals surface area (Å²) >= 11 is 4.66. The van der Waals surface area contributed by atoms with Crippen LogP contribution in [0.4, 0.5) is 13.2 Å². The first-order valence-electron chi connectivity index (χ1n) is 8.11. The van der Waals surface area contributed by atoms with Crippen LogP contribution in [-0.4, -0.2) is 25.6 Å². The molecule has 0 saturated heterocycles. The topological polar surface area (TPSA) is 63.6 Å². The van der Waals surface area contributed by atoms with Crippen LogP contribution < -0.4 is 4.74 Å². The quantitative estimate of drug-likeness (QED) is 0.310. The molecule has 3 aromatic carbocycles. The van der Waals surface area contributed by atoms with E-state index >= 15 is 0 Å². The Morgan fingerprint density at radius 3 is 1.62 bits per heavy atom. The summed E-state index contributed by atoms with van der Waals surface area (Å²) in [6.07, 6.45) is 0. The Bertz CT molecular complexity index is 1050. The Morgan fingerprint density at radius 1 is 0.828 bits per heavy atom. The molecule has 0 saturated carbocycles. The molecule has 3 rings (SSSR count). The smallest absolute Gasteiger partial charge is 0.496 e. The Kier molecular flexibility index (Phi) is 7.34. The molecule has 29 heavy (non-hydrogen) atoms. The summed E-state index contributed by atoms with van der Waals surface area (Å²) in [7, 11) is -4.14. The number of rotatable bonds is 3. The maximum Gasteiger partial charge on any atom is 0.522 e. The molecule has 3 aromatic rings. The molecule has 0 aliphatic heterocycles. The van der Waals surface area contributed by atoms with Gasteiger partial charge < -0.3 is 4.74 Å². The highest BCUT2D eigenvalue weighted by Crippen LogP contribution is 2.42. The van der Waals surface area contributed by atoms with Crippen LogP contribution in [0.2, 0.25) is 0 Å². The van der Waals surface area contributed by atoms with Gasteiger partial charge in [-0.15, -0.1) is 12.6 Å². The third kappa shape index (κ3) is 5.75. The van der Waals surface area contributed by atoms with Crippen LogP contribution in [0.3, 0.4) is 0 Å². The minimum absolute atomic E-state index is 0.859. The maximum atomic E-state index is 10.7. The van der Waals surface area contributed by atoms with E-state index in [9.17, 15) is 13.2 Å². The van der Waals surface area contributed by atoms with Gasteiger partial charge in [0, 0.05) is 16.0 Å². The Morgan fingerprint density at radius 2 is 1.24 bits per heavy atom. The molecule has 0 atom stereocenters. The average molecular weight is 442 g/mol. The first kappa shape index (κ1) is 22.8. The minimum atomic E-state index is -5.84. The van der Waals surface area contributed by atoms with Crippen molar-refractivity contribution >= 4 is 22.7 Å². The molecule has 0 aliphatic rings. The molecule has 1 N–H and O–H groups in total. The van der Waals surface area contributed by atoms with Crippen molar-refractivity contribution in [3.05, 3.63) is 72.8 Å².